The lowest BCUT2D eigenvalue weighted by atomic mass is 10.0. The Balaban J connectivity index is 0.000000635. The molecule has 0 saturated carbocycles. The molecule has 1 heterocycles. The third-order valence-electron chi connectivity index (χ3n) is 2.44. The van der Waals surface area contributed by atoms with Crippen LogP contribution in [-0.4, -0.2) is 31.9 Å². The van der Waals surface area contributed by atoms with Gasteiger partial charge in [0.25, 0.3) is 10.1 Å². The average Bonchev–Trinajstić information content (AvgIpc) is 3.01. The van der Waals surface area contributed by atoms with Gasteiger partial charge in [0.15, 0.2) is 0 Å². The molecule has 1 atom stereocenters. The highest BCUT2D eigenvalue weighted by atomic mass is 32.2. The molecule has 16 heavy (non-hydrogen) atoms. The van der Waals surface area contributed by atoms with Gasteiger partial charge in [-0.2, -0.15) is 8.42 Å². The summed E-state index contributed by atoms with van der Waals surface area (Å²) in [6.45, 7) is 6.07. The maximum atomic E-state index is 10.6. The Labute approximate surface area is 99.1 Å². The van der Waals surface area contributed by atoms with Gasteiger partial charge in [-0.15, -0.1) is 0 Å². The lowest BCUT2D eigenvalue weighted by Gasteiger charge is -2.11. The maximum Gasteiger partial charge on any atom is 0.265 e. The van der Waals surface area contributed by atoms with Gasteiger partial charge in [-0.25, -0.2) is 0 Å². The molecule has 0 amide bonds. The van der Waals surface area contributed by atoms with Crippen LogP contribution in [0.2, 0.25) is 0 Å². The van der Waals surface area contributed by atoms with Crippen molar-refractivity contribution >= 4 is 10.1 Å². The molecular formula is C11H24O4S. The molecule has 5 heteroatoms. The maximum absolute atomic E-state index is 10.6. The van der Waals surface area contributed by atoms with Gasteiger partial charge in [-0.3, -0.25) is 4.55 Å². The molecule has 0 aromatic carbocycles. The molecule has 1 saturated heterocycles. The van der Waals surface area contributed by atoms with Crippen LogP contribution in [0.5, 0.6) is 0 Å². The first kappa shape index (κ1) is 15.9. The second-order valence-electron chi connectivity index (χ2n) is 4.13. The first-order chi connectivity index (χ1) is 7.49. The normalized spacial score (nSPS) is 16.2. The monoisotopic (exact) mass is 252 g/mol. The number of epoxide rings is 1. The summed E-state index contributed by atoms with van der Waals surface area (Å²) in [5.41, 5.74) is 0. The van der Waals surface area contributed by atoms with Crippen molar-refractivity contribution in [1.29, 1.82) is 0 Å². The van der Waals surface area contributed by atoms with Crippen LogP contribution in [-0.2, 0) is 14.9 Å². The lowest BCUT2D eigenvalue weighted by molar-refractivity contribution is 0.437. The molecule has 0 bridgehead atoms. The van der Waals surface area contributed by atoms with E-state index in [4.69, 9.17) is 4.55 Å². The SMILES string of the molecule is C1CO1.CCCCCC(CC)CS(=O)(=O)O. The van der Waals surface area contributed by atoms with Crippen LogP contribution >= 0.6 is 0 Å². The van der Waals surface area contributed by atoms with E-state index in [1.807, 2.05) is 6.92 Å². The Morgan fingerprint density at radius 2 is 1.81 bits per heavy atom. The Hall–Kier alpha value is -0.130. The van der Waals surface area contributed by atoms with Crippen LogP contribution in [0.4, 0.5) is 0 Å². The largest absolute Gasteiger partial charge is 0.377 e. The quantitative estimate of drug-likeness (QED) is 0.429. The number of hydrogen-bond donors (Lipinski definition) is 1. The third kappa shape index (κ3) is 13.9. The van der Waals surface area contributed by atoms with Crippen LogP contribution in [0.1, 0.15) is 46.0 Å². The van der Waals surface area contributed by atoms with Crippen LogP contribution in [0.3, 0.4) is 0 Å². The highest BCUT2D eigenvalue weighted by molar-refractivity contribution is 7.85. The van der Waals surface area contributed by atoms with Crippen molar-refractivity contribution in [3.63, 3.8) is 0 Å². The molecule has 0 aromatic heterocycles. The zero-order valence-corrected chi connectivity index (χ0v) is 11.1. The minimum Gasteiger partial charge on any atom is -0.377 e. The van der Waals surface area contributed by atoms with Gasteiger partial charge in [0.05, 0.1) is 19.0 Å². The summed E-state index contributed by atoms with van der Waals surface area (Å²) in [4.78, 5) is 0. The molecule has 1 rings (SSSR count). The summed E-state index contributed by atoms with van der Waals surface area (Å²) >= 11 is 0. The fraction of sp³-hybridized carbons (Fsp3) is 1.00. The van der Waals surface area contributed by atoms with Gasteiger partial charge in [0.1, 0.15) is 0 Å². The smallest absolute Gasteiger partial charge is 0.265 e. The van der Waals surface area contributed by atoms with Crippen molar-refractivity contribution in [2.75, 3.05) is 19.0 Å². The molecule has 0 radical (unpaired) electrons. The van der Waals surface area contributed by atoms with Crippen molar-refractivity contribution in [2.45, 2.75) is 46.0 Å². The highest BCUT2D eigenvalue weighted by Gasteiger charge is 2.14. The Morgan fingerprint density at radius 1 is 1.25 bits per heavy atom. The third-order valence-corrected chi connectivity index (χ3v) is 3.34. The summed E-state index contributed by atoms with van der Waals surface area (Å²) in [7, 11) is -3.77. The standard InChI is InChI=1S/C9H20O3S.C2H4O/c1-3-5-6-7-9(4-2)8-13(10,11)12;1-2-3-1/h9H,3-8H2,1-2H3,(H,10,11,12);1-2H2. The van der Waals surface area contributed by atoms with E-state index in [0.717, 1.165) is 45.3 Å². The van der Waals surface area contributed by atoms with E-state index < -0.39 is 10.1 Å². The van der Waals surface area contributed by atoms with E-state index in [0.29, 0.717) is 0 Å². The van der Waals surface area contributed by atoms with Gasteiger partial charge in [-0.05, 0) is 12.3 Å². The highest BCUT2D eigenvalue weighted by Crippen LogP contribution is 2.15. The molecular weight excluding hydrogens is 228 g/mol. The van der Waals surface area contributed by atoms with Gasteiger partial charge in [0, 0.05) is 0 Å². The Morgan fingerprint density at radius 3 is 2.12 bits per heavy atom. The molecule has 4 nitrogen and oxygen atoms in total. The van der Waals surface area contributed by atoms with E-state index in [1.165, 1.54) is 0 Å². The van der Waals surface area contributed by atoms with Gasteiger partial charge in [-0.1, -0.05) is 39.5 Å². The first-order valence-electron chi connectivity index (χ1n) is 6.02. The number of rotatable bonds is 7. The van der Waals surface area contributed by atoms with Gasteiger partial charge < -0.3 is 4.74 Å². The summed E-state index contributed by atoms with van der Waals surface area (Å²) in [5, 5.41) is 0. The summed E-state index contributed by atoms with van der Waals surface area (Å²) in [6, 6.07) is 0. The van der Waals surface area contributed by atoms with E-state index in [2.05, 4.69) is 11.7 Å². The zero-order valence-electron chi connectivity index (χ0n) is 10.3. The topological polar surface area (TPSA) is 66.9 Å². The summed E-state index contributed by atoms with van der Waals surface area (Å²) in [5.74, 6) is 0.0503. The molecule has 0 aliphatic carbocycles. The molecule has 1 unspecified atom stereocenters. The van der Waals surface area contributed by atoms with Crippen LogP contribution in [0.25, 0.3) is 0 Å². The van der Waals surface area contributed by atoms with Gasteiger partial charge >= 0.3 is 0 Å². The van der Waals surface area contributed by atoms with E-state index in [1.54, 1.807) is 0 Å². The van der Waals surface area contributed by atoms with Crippen molar-refractivity contribution in [1.82, 2.24) is 0 Å². The van der Waals surface area contributed by atoms with Crippen molar-refractivity contribution in [2.24, 2.45) is 5.92 Å². The predicted molar refractivity (Wildman–Crippen MR) is 65.2 cm³/mol. The molecule has 0 aromatic rings. The van der Waals surface area contributed by atoms with Gasteiger partial charge in [0.2, 0.25) is 0 Å². The second kappa shape index (κ2) is 8.96. The second-order valence-corrected chi connectivity index (χ2v) is 5.63. The Bertz CT molecular complexity index is 244. The Kier molecular flexibility index (Phi) is 8.89. The molecule has 0 spiro atoms. The number of ether oxygens (including phenoxy) is 1. The van der Waals surface area contributed by atoms with E-state index >= 15 is 0 Å². The van der Waals surface area contributed by atoms with Crippen molar-refractivity contribution < 1.29 is 17.7 Å². The molecule has 1 aliphatic rings. The lowest BCUT2D eigenvalue weighted by Crippen LogP contribution is -2.14. The first-order valence-corrected chi connectivity index (χ1v) is 7.63. The fourth-order valence-electron chi connectivity index (χ4n) is 1.39. The zero-order chi connectivity index (χ0) is 12.4. The fourth-order valence-corrected chi connectivity index (χ4v) is 2.38. The molecule has 1 fully saturated rings. The summed E-state index contributed by atoms with van der Waals surface area (Å²) < 4.78 is 34.3. The minimum absolute atomic E-state index is 0.0762. The predicted octanol–water partition coefficient (Wildman–Crippen LogP) is 2.50. The minimum atomic E-state index is -3.77. The number of unbranched alkanes of at least 4 members (excludes halogenated alkanes) is 2. The molecule has 1 N–H and O–H groups in total. The van der Waals surface area contributed by atoms with Crippen LogP contribution in [0.15, 0.2) is 0 Å². The molecule has 1 aliphatic heterocycles. The summed E-state index contributed by atoms with van der Waals surface area (Å²) in [6.07, 6.45) is 5.07. The van der Waals surface area contributed by atoms with E-state index in [9.17, 15) is 8.42 Å². The van der Waals surface area contributed by atoms with Crippen molar-refractivity contribution in [3.05, 3.63) is 0 Å². The average molecular weight is 252 g/mol. The van der Waals surface area contributed by atoms with Crippen LogP contribution < -0.4 is 0 Å². The number of hydrogen-bond acceptors (Lipinski definition) is 3. The van der Waals surface area contributed by atoms with E-state index in [-0.39, 0.29) is 11.7 Å². The molecule has 98 valence electrons. The van der Waals surface area contributed by atoms with Crippen LogP contribution in [0, 0.1) is 5.92 Å². The van der Waals surface area contributed by atoms with Crippen molar-refractivity contribution in [3.8, 4) is 0 Å².